The first-order chi connectivity index (χ1) is 21.2. The van der Waals surface area contributed by atoms with Gasteiger partial charge in [-0.15, -0.1) is 0 Å². The van der Waals surface area contributed by atoms with Gasteiger partial charge >= 0.3 is 0 Å². The van der Waals surface area contributed by atoms with Crippen molar-refractivity contribution in [2.24, 2.45) is 0 Å². The molecule has 0 atom stereocenters. The minimum absolute atomic E-state index is 0. The maximum Gasteiger partial charge on any atom is 0.171 e. The van der Waals surface area contributed by atoms with Gasteiger partial charge in [-0.05, 0) is 102 Å². The van der Waals surface area contributed by atoms with Crippen LogP contribution < -0.4 is 0 Å². The largest absolute Gasteiger partial charge is 0.348 e. The Morgan fingerprint density at radius 1 is 0.333 bits per heavy atom. The molecule has 0 aromatic rings. The van der Waals surface area contributed by atoms with Gasteiger partial charge in [0.05, 0.1) is 0 Å². The fourth-order valence-corrected chi connectivity index (χ4v) is 7.23. The zero-order chi connectivity index (χ0) is 33.1. The van der Waals surface area contributed by atoms with Crippen LogP contribution in [0.4, 0.5) is 0 Å². The van der Waals surface area contributed by atoms with Gasteiger partial charge in [0.1, 0.15) is 0 Å². The molecular formula is C32H64N8PtS4. The average Bonchev–Trinajstić information content (AvgIpc) is 3.78. The van der Waals surface area contributed by atoms with Crippen LogP contribution in [0.25, 0.3) is 0 Å². The fraction of sp³-hybridized carbons (Fsp3) is 0.875. The molecule has 45 heavy (non-hydrogen) atoms. The fourth-order valence-electron chi connectivity index (χ4n) is 5.61. The van der Waals surface area contributed by atoms with E-state index < -0.39 is 0 Å². The standard InChI is InChI=1S/4C8H16N2S.Pt/c4*1-3-5-10-7-6-9(4-2)8(10)11;/h4*3-7H2,1-2H3;. The number of hydrogen-bond donors (Lipinski definition) is 0. The molecule has 0 saturated carbocycles. The summed E-state index contributed by atoms with van der Waals surface area (Å²) in [5.41, 5.74) is 0. The summed E-state index contributed by atoms with van der Waals surface area (Å²) in [6.45, 7) is 35.1. The Morgan fingerprint density at radius 2 is 0.489 bits per heavy atom. The maximum atomic E-state index is 5.28. The van der Waals surface area contributed by atoms with Crippen molar-refractivity contribution in [2.75, 3.05) is 105 Å². The van der Waals surface area contributed by atoms with Crippen LogP contribution in [-0.4, -0.2) is 164 Å². The van der Waals surface area contributed by atoms with Crippen molar-refractivity contribution in [2.45, 2.75) is 81.1 Å². The van der Waals surface area contributed by atoms with Crippen LogP contribution in [0.5, 0.6) is 0 Å². The van der Waals surface area contributed by atoms with Crippen molar-refractivity contribution in [1.29, 1.82) is 0 Å². The van der Waals surface area contributed by atoms with Gasteiger partial charge < -0.3 is 39.2 Å². The van der Waals surface area contributed by atoms with E-state index in [1.807, 2.05) is 0 Å². The van der Waals surface area contributed by atoms with Crippen molar-refractivity contribution in [3.8, 4) is 0 Å². The zero-order valence-electron chi connectivity index (χ0n) is 29.7. The SMILES string of the molecule is CCCN1CCN(CC)C1=S.CCCN1CCN(CC)C1=S.CCCN1CCN(CC)C1=S.CCCN1CCN(CC)C1=S.[Pt]. The summed E-state index contributed by atoms with van der Waals surface area (Å²) in [6, 6.07) is 0. The quantitative estimate of drug-likeness (QED) is 0.239. The van der Waals surface area contributed by atoms with E-state index in [4.69, 9.17) is 48.9 Å². The van der Waals surface area contributed by atoms with Crippen LogP contribution in [0.15, 0.2) is 0 Å². The monoisotopic (exact) mass is 883 g/mol. The molecule has 4 fully saturated rings. The smallest absolute Gasteiger partial charge is 0.171 e. The molecule has 4 aliphatic heterocycles. The van der Waals surface area contributed by atoms with Crippen LogP contribution in [0.3, 0.4) is 0 Å². The molecule has 0 aliphatic carbocycles. The molecule has 266 valence electrons. The second-order valence-corrected chi connectivity index (χ2v) is 12.9. The summed E-state index contributed by atoms with van der Waals surface area (Å²) in [5.74, 6) is 0. The third-order valence-electron chi connectivity index (χ3n) is 8.22. The van der Waals surface area contributed by atoms with E-state index in [0.29, 0.717) is 0 Å². The molecule has 4 heterocycles. The number of rotatable bonds is 12. The predicted molar refractivity (Wildman–Crippen MR) is 207 cm³/mol. The second kappa shape index (κ2) is 25.5. The summed E-state index contributed by atoms with van der Waals surface area (Å²) in [7, 11) is 0. The molecule has 8 nitrogen and oxygen atoms in total. The zero-order valence-corrected chi connectivity index (χ0v) is 35.2. The van der Waals surface area contributed by atoms with Gasteiger partial charge in [-0.2, -0.15) is 0 Å². The van der Waals surface area contributed by atoms with Crippen LogP contribution in [-0.2, 0) is 21.1 Å². The van der Waals surface area contributed by atoms with Gasteiger partial charge in [-0.25, -0.2) is 0 Å². The summed E-state index contributed by atoms with van der Waals surface area (Å²) < 4.78 is 0. The van der Waals surface area contributed by atoms with E-state index in [1.54, 1.807) is 0 Å². The number of thiocarbonyl (C=S) groups is 4. The van der Waals surface area contributed by atoms with E-state index in [-0.39, 0.29) is 21.1 Å². The predicted octanol–water partition coefficient (Wildman–Crippen LogP) is 5.27. The number of likely N-dealkylation sites (N-methyl/N-ethyl adjacent to an activating group) is 4. The van der Waals surface area contributed by atoms with Crippen molar-refractivity contribution in [3.05, 3.63) is 0 Å². The Kier molecular flexibility index (Phi) is 25.2. The molecule has 0 N–H and O–H groups in total. The van der Waals surface area contributed by atoms with E-state index in [9.17, 15) is 0 Å². The average molecular weight is 884 g/mol. The van der Waals surface area contributed by atoms with Gasteiger partial charge in [0.25, 0.3) is 0 Å². The van der Waals surface area contributed by atoms with Crippen molar-refractivity contribution in [1.82, 2.24) is 39.2 Å². The Bertz CT molecular complexity index is 731. The summed E-state index contributed by atoms with van der Waals surface area (Å²) in [6.07, 6.45) is 4.77. The van der Waals surface area contributed by atoms with E-state index in [1.165, 1.54) is 25.7 Å². The van der Waals surface area contributed by atoms with Crippen molar-refractivity contribution in [3.63, 3.8) is 0 Å². The molecule has 0 bridgehead atoms. The molecule has 0 unspecified atom stereocenters. The molecule has 4 rings (SSSR count). The second-order valence-electron chi connectivity index (χ2n) is 11.4. The molecule has 4 saturated heterocycles. The van der Waals surface area contributed by atoms with E-state index in [2.05, 4.69) is 94.6 Å². The minimum Gasteiger partial charge on any atom is -0.348 e. The molecular weight excluding hydrogens is 820 g/mol. The van der Waals surface area contributed by atoms with Crippen molar-refractivity contribution >= 4 is 69.3 Å². The van der Waals surface area contributed by atoms with Crippen LogP contribution in [0.1, 0.15) is 81.1 Å². The minimum atomic E-state index is 0. The number of nitrogens with zero attached hydrogens (tertiary/aromatic N) is 8. The third-order valence-corrected chi connectivity index (χ3v) is 10.3. The Balaban J connectivity index is 0.000000569. The first-order valence-corrected chi connectivity index (χ1v) is 19.0. The van der Waals surface area contributed by atoms with Gasteiger partial charge in [0.15, 0.2) is 20.4 Å². The summed E-state index contributed by atoms with van der Waals surface area (Å²) in [4.78, 5) is 18.2. The first kappa shape index (κ1) is 44.4. The van der Waals surface area contributed by atoms with Crippen LogP contribution >= 0.6 is 48.9 Å². The molecule has 0 spiro atoms. The Hall–Kier alpha value is -0.552. The summed E-state index contributed by atoms with van der Waals surface area (Å²) in [5, 5.41) is 4.20. The molecule has 13 heteroatoms. The van der Waals surface area contributed by atoms with Gasteiger partial charge in [0, 0.05) is 126 Å². The normalized spacial score (nSPS) is 17.8. The molecule has 0 amide bonds. The molecule has 0 aromatic carbocycles. The molecule has 0 aromatic heterocycles. The third kappa shape index (κ3) is 14.6. The van der Waals surface area contributed by atoms with Crippen molar-refractivity contribution < 1.29 is 21.1 Å². The van der Waals surface area contributed by atoms with Crippen LogP contribution in [0.2, 0.25) is 0 Å². The first-order valence-electron chi connectivity index (χ1n) is 17.3. The molecule has 4 aliphatic rings. The van der Waals surface area contributed by atoms with Gasteiger partial charge in [-0.3, -0.25) is 0 Å². The van der Waals surface area contributed by atoms with E-state index in [0.717, 1.165) is 125 Å². The Morgan fingerprint density at radius 3 is 0.600 bits per heavy atom. The number of hydrogen-bond acceptors (Lipinski definition) is 4. The van der Waals surface area contributed by atoms with E-state index >= 15 is 0 Å². The topological polar surface area (TPSA) is 25.9 Å². The van der Waals surface area contributed by atoms with Gasteiger partial charge in [-0.1, -0.05) is 27.7 Å². The van der Waals surface area contributed by atoms with Crippen LogP contribution in [0, 0.1) is 0 Å². The summed E-state index contributed by atoms with van der Waals surface area (Å²) >= 11 is 21.1. The maximum absolute atomic E-state index is 5.28. The van der Waals surface area contributed by atoms with Gasteiger partial charge in [0.2, 0.25) is 0 Å². The Labute approximate surface area is 313 Å². The molecule has 0 radical (unpaired) electrons.